The number of hydrogen-bond acceptors (Lipinski definition) is 4. The molecule has 0 spiro atoms. The number of carbonyl (C=O) groups excluding carboxylic acids is 1. The summed E-state index contributed by atoms with van der Waals surface area (Å²) in [5.74, 6) is -0.261. The van der Waals surface area contributed by atoms with E-state index in [0.717, 1.165) is 46.8 Å². The Balaban J connectivity index is 1.94. The molecule has 0 N–H and O–H groups in total. The van der Waals surface area contributed by atoms with Gasteiger partial charge in [0.15, 0.2) is 0 Å². The second-order valence-electron chi connectivity index (χ2n) is 12.6. The summed E-state index contributed by atoms with van der Waals surface area (Å²) in [4.78, 5) is 14.8. The SMILES string of the molecule is CCC[CH2][Sn]1([CH2]CCC)[CH]=C2CN(S(=O)(=O)c3ccc(C)cc3)C(c3ccccc3)C2(C(=O)OC(C)(C)C)[CH2]1. The van der Waals surface area contributed by atoms with E-state index in [1.807, 2.05) is 70.2 Å². The van der Waals surface area contributed by atoms with Gasteiger partial charge in [0.2, 0.25) is 0 Å². The van der Waals surface area contributed by atoms with Gasteiger partial charge >= 0.3 is 241 Å². The Bertz CT molecular complexity index is 1290. The monoisotopic (exact) mass is 659 g/mol. The fourth-order valence-electron chi connectivity index (χ4n) is 6.53. The molecule has 0 saturated carbocycles. The van der Waals surface area contributed by atoms with Gasteiger partial charge in [0.1, 0.15) is 0 Å². The Morgan fingerprint density at radius 2 is 1.59 bits per heavy atom. The summed E-state index contributed by atoms with van der Waals surface area (Å²) in [5.41, 5.74) is 1.20. The number of hydrogen-bond donors (Lipinski definition) is 0. The summed E-state index contributed by atoms with van der Waals surface area (Å²) in [7, 11) is -3.87. The van der Waals surface area contributed by atoms with Gasteiger partial charge in [0, 0.05) is 0 Å². The Morgan fingerprint density at radius 1 is 1.00 bits per heavy atom. The summed E-state index contributed by atoms with van der Waals surface area (Å²) < 4.78 is 42.0. The Hall–Kier alpha value is -1.64. The maximum atomic E-state index is 14.5. The number of nitrogens with zero attached hydrogens (tertiary/aromatic N) is 1. The first kappa shape index (κ1) is 30.3. The third kappa shape index (κ3) is 6.03. The molecule has 4 rings (SSSR count). The molecule has 0 aliphatic carbocycles. The third-order valence-corrected chi connectivity index (χ3v) is 24.2. The van der Waals surface area contributed by atoms with Crippen LogP contribution in [-0.4, -0.2) is 49.2 Å². The zero-order chi connectivity index (χ0) is 28.5. The zero-order valence-corrected chi connectivity index (χ0v) is 28.2. The van der Waals surface area contributed by atoms with Crippen molar-refractivity contribution in [2.45, 2.75) is 97.1 Å². The van der Waals surface area contributed by atoms with E-state index in [1.54, 1.807) is 16.4 Å². The molecule has 5 nitrogen and oxygen atoms in total. The summed E-state index contributed by atoms with van der Waals surface area (Å²) in [6.07, 6.45) is 4.58. The molecule has 0 radical (unpaired) electrons. The maximum absolute atomic E-state index is 14.5. The van der Waals surface area contributed by atoms with Gasteiger partial charge in [-0.2, -0.15) is 0 Å². The molecule has 2 aromatic rings. The first-order valence-electron chi connectivity index (χ1n) is 14.5. The average Bonchev–Trinajstić information content (AvgIpc) is 3.37. The van der Waals surface area contributed by atoms with Crippen LogP contribution < -0.4 is 0 Å². The van der Waals surface area contributed by atoms with Gasteiger partial charge in [-0.1, -0.05) is 0 Å². The van der Waals surface area contributed by atoms with Crippen molar-refractivity contribution < 1.29 is 17.9 Å². The molecular weight excluding hydrogens is 613 g/mol. The molecule has 0 bridgehead atoms. The standard InChI is InChI=1S/C24H27NO4S.2C4H9.Sn/c1-17-12-14-20(15-13-17)30(27,28)25-16-18(2)24(6,22(26)29-23(3,4)5)21(25)19-10-8-7-9-11-19;2*1-3-4-2;/h2,7-15,21H,6,16H2,1,3-5H3;2*1,3-4H2,2H3;. The second-order valence-corrected chi connectivity index (χ2v) is 26.9. The third-order valence-electron chi connectivity index (χ3n) is 8.33. The van der Waals surface area contributed by atoms with Crippen molar-refractivity contribution in [2.24, 2.45) is 5.41 Å². The minimum atomic E-state index is -3.87. The first-order chi connectivity index (χ1) is 18.4. The molecule has 2 heterocycles. The van der Waals surface area contributed by atoms with Gasteiger partial charge in [0.05, 0.1) is 0 Å². The molecule has 7 heteroatoms. The molecule has 2 aliphatic rings. The summed E-state index contributed by atoms with van der Waals surface area (Å²) in [5, 5.41) is 0. The van der Waals surface area contributed by atoms with E-state index in [9.17, 15) is 13.2 Å². The first-order valence-corrected chi connectivity index (χ1v) is 23.6. The van der Waals surface area contributed by atoms with Crippen LogP contribution in [0.2, 0.25) is 13.3 Å². The fourth-order valence-corrected chi connectivity index (χ4v) is 24.9. The summed E-state index contributed by atoms with van der Waals surface area (Å²) in [6.45, 7) is 12.4. The number of rotatable bonds is 10. The predicted molar refractivity (Wildman–Crippen MR) is 161 cm³/mol. The van der Waals surface area contributed by atoms with Crippen molar-refractivity contribution in [3.63, 3.8) is 0 Å². The van der Waals surface area contributed by atoms with Crippen molar-refractivity contribution >= 4 is 34.4 Å². The molecule has 212 valence electrons. The topological polar surface area (TPSA) is 63.7 Å². The van der Waals surface area contributed by atoms with Crippen molar-refractivity contribution in [3.05, 3.63) is 75.4 Å². The van der Waals surface area contributed by atoms with Gasteiger partial charge in [-0.15, -0.1) is 0 Å². The van der Waals surface area contributed by atoms with Crippen LogP contribution >= 0.6 is 0 Å². The van der Waals surface area contributed by atoms with Crippen LogP contribution in [0, 0.1) is 12.3 Å². The van der Waals surface area contributed by atoms with Crippen molar-refractivity contribution in [2.75, 3.05) is 6.54 Å². The number of ether oxygens (including phenoxy) is 1. The van der Waals surface area contributed by atoms with E-state index in [4.69, 9.17) is 4.74 Å². The van der Waals surface area contributed by atoms with E-state index < -0.39 is 45.5 Å². The minimum absolute atomic E-state index is 0.242. The van der Waals surface area contributed by atoms with Gasteiger partial charge in [-0.05, 0) is 0 Å². The van der Waals surface area contributed by atoms with Crippen molar-refractivity contribution in [1.82, 2.24) is 4.31 Å². The zero-order valence-electron chi connectivity index (χ0n) is 24.5. The molecule has 0 aromatic heterocycles. The van der Waals surface area contributed by atoms with Crippen LogP contribution in [0.3, 0.4) is 0 Å². The number of unbranched alkanes of at least 4 members (excludes halogenated alkanes) is 2. The van der Waals surface area contributed by atoms with Crippen molar-refractivity contribution in [1.29, 1.82) is 0 Å². The number of esters is 1. The van der Waals surface area contributed by atoms with E-state index in [2.05, 4.69) is 17.9 Å². The second kappa shape index (κ2) is 11.7. The van der Waals surface area contributed by atoms with E-state index in [0.29, 0.717) is 0 Å². The predicted octanol–water partition coefficient (Wildman–Crippen LogP) is 7.60. The van der Waals surface area contributed by atoms with E-state index >= 15 is 0 Å². The Labute approximate surface area is 239 Å². The van der Waals surface area contributed by atoms with Crippen molar-refractivity contribution in [3.8, 4) is 0 Å². The fraction of sp³-hybridized carbons (Fsp3) is 0.531. The van der Waals surface area contributed by atoms with E-state index in [-0.39, 0.29) is 17.4 Å². The molecule has 1 fully saturated rings. The average molecular weight is 658 g/mol. The van der Waals surface area contributed by atoms with Gasteiger partial charge in [-0.25, -0.2) is 0 Å². The number of sulfonamides is 1. The van der Waals surface area contributed by atoms with Crippen LogP contribution in [0.1, 0.15) is 77.5 Å². The molecule has 2 atom stereocenters. The van der Waals surface area contributed by atoms with Gasteiger partial charge in [-0.3, -0.25) is 0 Å². The quantitative estimate of drug-likeness (QED) is 0.195. The molecule has 2 aliphatic heterocycles. The van der Waals surface area contributed by atoms with Gasteiger partial charge < -0.3 is 0 Å². The van der Waals surface area contributed by atoms with Crippen LogP contribution in [0.4, 0.5) is 0 Å². The molecule has 2 unspecified atom stereocenters. The number of aryl methyl sites for hydroxylation is 1. The molecular formula is C32H45NO4SSn. The van der Waals surface area contributed by atoms with Gasteiger partial charge in [0.25, 0.3) is 0 Å². The molecule has 1 saturated heterocycles. The molecule has 39 heavy (non-hydrogen) atoms. The summed E-state index contributed by atoms with van der Waals surface area (Å²) >= 11 is -2.97. The summed E-state index contributed by atoms with van der Waals surface area (Å²) in [6, 6.07) is 16.2. The molecule has 2 aromatic carbocycles. The normalized spacial score (nSPS) is 22.9. The van der Waals surface area contributed by atoms with Crippen LogP contribution in [0.25, 0.3) is 0 Å². The van der Waals surface area contributed by atoms with Crippen LogP contribution in [-0.2, 0) is 19.6 Å². The van der Waals surface area contributed by atoms with Crippen LogP contribution in [0.15, 0.2) is 69.2 Å². The Kier molecular flexibility index (Phi) is 9.09. The Morgan fingerprint density at radius 3 is 2.13 bits per heavy atom. The number of carbonyl (C=O) groups is 1. The van der Waals surface area contributed by atoms with Crippen LogP contribution in [0.5, 0.6) is 0 Å². The number of benzene rings is 2. The van der Waals surface area contributed by atoms with E-state index in [1.165, 1.54) is 8.87 Å². The number of fused-ring (bicyclic) bond motifs is 1. The molecule has 0 amide bonds.